The van der Waals surface area contributed by atoms with Crippen LogP contribution in [0.25, 0.3) is 0 Å². The molecule has 0 aliphatic carbocycles. The second-order valence-corrected chi connectivity index (χ2v) is 5.17. The third kappa shape index (κ3) is 4.23. The molecule has 6 nitrogen and oxygen atoms in total. The Morgan fingerprint density at radius 2 is 2.40 bits per heavy atom. The van der Waals surface area contributed by atoms with Crippen LogP contribution in [-0.4, -0.2) is 35.1 Å². The number of hydrogen-bond acceptors (Lipinski definition) is 3. The first-order valence-corrected chi connectivity index (χ1v) is 7.38. The Balaban J connectivity index is 1.71. The van der Waals surface area contributed by atoms with Gasteiger partial charge in [-0.25, -0.2) is 4.79 Å². The van der Waals surface area contributed by atoms with Gasteiger partial charge in [-0.15, -0.1) is 0 Å². The van der Waals surface area contributed by atoms with E-state index in [0.717, 1.165) is 43.7 Å². The van der Waals surface area contributed by atoms with Crippen molar-refractivity contribution < 1.29 is 9.53 Å². The number of anilines is 1. The van der Waals surface area contributed by atoms with E-state index in [4.69, 9.17) is 4.74 Å². The van der Waals surface area contributed by atoms with Crippen LogP contribution >= 0.6 is 0 Å². The number of amides is 2. The van der Waals surface area contributed by atoms with Gasteiger partial charge in [-0.05, 0) is 32.1 Å². The first-order chi connectivity index (χ1) is 9.69. The number of nitrogens with zero attached hydrogens (tertiary/aromatic N) is 2. The smallest absolute Gasteiger partial charge is 0.319 e. The van der Waals surface area contributed by atoms with E-state index >= 15 is 0 Å². The number of nitrogens with one attached hydrogen (secondary N) is 2. The molecule has 6 heteroatoms. The maximum Gasteiger partial charge on any atom is 0.319 e. The average Bonchev–Trinajstić information content (AvgIpc) is 2.80. The largest absolute Gasteiger partial charge is 0.378 e. The average molecular weight is 280 g/mol. The normalized spacial score (nSPS) is 18.8. The minimum Gasteiger partial charge on any atom is -0.378 e. The molecule has 1 aromatic rings. The van der Waals surface area contributed by atoms with Gasteiger partial charge < -0.3 is 15.4 Å². The monoisotopic (exact) mass is 280 g/mol. The van der Waals surface area contributed by atoms with Gasteiger partial charge in [0.15, 0.2) is 0 Å². The quantitative estimate of drug-likeness (QED) is 0.867. The third-order valence-corrected chi connectivity index (χ3v) is 3.51. The molecule has 20 heavy (non-hydrogen) atoms. The second-order valence-electron chi connectivity index (χ2n) is 5.17. The van der Waals surface area contributed by atoms with Crippen molar-refractivity contribution in [3.8, 4) is 0 Å². The Labute approximate surface area is 119 Å². The summed E-state index contributed by atoms with van der Waals surface area (Å²) >= 11 is 0. The predicted molar refractivity (Wildman–Crippen MR) is 77.8 cm³/mol. The summed E-state index contributed by atoms with van der Waals surface area (Å²) in [5.41, 5.74) is 1.68. The SMILES string of the molecule is CCc1nn(C)cc1NC(=O)NCC[C@H]1CCCCO1. The summed E-state index contributed by atoms with van der Waals surface area (Å²) < 4.78 is 7.35. The number of aromatic nitrogens is 2. The molecule has 0 spiro atoms. The van der Waals surface area contributed by atoms with Gasteiger partial charge in [-0.2, -0.15) is 5.10 Å². The van der Waals surface area contributed by atoms with Gasteiger partial charge in [0, 0.05) is 26.4 Å². The zero-order chi connectivity index (χ0) is 14.4. The lowest BCUT2D eigenvalue weighted by Gasteiger charge is -2.22. The van der Waals surface area contributed by atoms with Crippen molar-refractivity contribution in [3.63, 3.8) is 0 Å². The number of urea groups is 1. The Morgan fingerprint density at radius 3 is 3.10 bits per heavy atom. The molecule has 1 aliphatic rings. The van der Waals surface area contributed by atoms with E-state index in [1.807, 2.05) is 20.2 Å². The maximum absolute atomic E-state index is 11.8. The standard InChI is InChI=1S/C14H24N4O2/c1-3-12-13(10-18(2)17-12)16-14(19)15-8-7-11-6-4-5-9-20-11/h10-11H,3-9H2,1-2H3,(H2,15,16,19)/t11-/m1/s1. The summed E-state index contributed by atoms with van der Waals surface area (Å²) in [7, 11) is 1.85. The van der Waals surface area contributed by atoms with Gasteiger partial charge in [0.1, 0.15) is 0 Å². The zero-order valence-electron chi connectivity index (χ0n) is 12.3. The summed E-state index contributed by atoms with van der Waals surface area (Å²) in [6.45, 7) is 3.51. The van der Waals surface area contributed by atoms with E-state index in [9.17, 15) is 4.79 Å². The summed E-state index contributed by atoms with van der Waals surface area (Å²) in [6, 6.07) is -0.177. The van der Waals surface area contributed by atoms with Crippen molar-refractivity contribution in [1.29, 1.82) is 0 Å². The molecular weight excluding hydrogens is 256 g/mol. The molecule has 0 bridgehead atoms. The number of carbonyl (C=O) groups excluding carboxylic acids is 1. The summed E-state index contributed by atoms with van der Waals surface area (Å²) in [4.78, 5) is 11.8. The lowest BCUT2D eigenvalue weighted by atomic mass is 10.1. The van der Waals surface area contributed by atoms with Crippen LogP contribution < -0.4 is 10.6 Å². The van der Waals surface area contributed by atoms with E-state index in [-0.39, 0.29) is 6.03 Å². The van der Waals surface area contributed by atoms with Crippen molar-refractivity contribution in [2.75, 3.05) is 18.5 Å². The molecule has 1 atom stereocenters. The van der Waals surface area contributed by atoms with Crippen LogP contribution in [0.1, 0.15) is 38.3 Å². The van der Waals surface area contributed by atoms with Gasteiger partial charge in [-0.3, -0.25) is 4.68 Å². The molecule has 2 N–H and O–H groups in total. The van der Waals surface area contributed by atoms with Gasteiger partial charge in [0.2, 0.25) is 0 Å². The summed E-state index contributed by atoms with van der Waals surface area (Å²) in [6.07, 6.45) is 7.29. The van der Waals surface area contributed by atoms with Crippen molar-refractivity contribution >= 4 is 11.7 Å². The van der Waals surface area contributed by atoms with E-state index in [1.54, 1.807) is 4.68 Å². The van der Waals surface area contributed by atoms with E-state index in [0.29, 0.717) is 12.6 Å². The fourth-order valence-corrected chi connectivity index (χ4v) is 2.45. The number of rotatable bonds is 5. The second kappa shape index (κ2) is 7.28. The first kappa shape index (κ1) is 14.8. The Morgan fingerprint density at radius 1 is 1.55 bits per heavy atom. The molecule has 1 saturated heterocycles. The molecule has 0 radical (unpaired) electrons. The molecule has 0 saturated carbocycles. The van der Waals surface area contributed by atoms with Gasteiger partial charge in [0.05, 0.1) is 17.5 Å². The molecule has 2 rings (SSSR count). The maximum atomic E-state index is 11.8. The van der Waals surface area contributed by atoms with Crippen LogP contribution in [-0.2, 0) is 18.2 Å². The topological polar surface area (TPSA) is 68.2 Å². The van der Waals surface area contributed by atoms with Crippen molar-refractivity contribution in [1.82, 2.24) is 15.1 Å². The Kier molecular flexibility index (Phi) is 5.40. The molecule has 1 aromatic heterocycles. The Hall–Kier alpha value is -1.56. The van der Waals surface area contributed by atoms with Crippen LogP contribution in [0, 0.1) is 0 Å². The number of carbonyl (C=O) groups is 1. The molecule has 0 unspecified atom stereocenters. The molecule has 2 heterocycles. The molecule has 0 aromatic carbocycles. The summed E-state index contributed by atoms with van der Waals surface area (Å²) in [5, 5.41) is 10.0. The molecule has 112 valence electrons. The van der Waals surface area contributed by atoms with Crippen LogP contribution in [0.5, 0.6) is 0 Å². The van der Waals surface area contributed by atoms with Gasteiger partial charge >= 0.3 is 6.03 Å². The number of aryl methyl sites for hydroxylation is 2. The van der Waals surface area contributed by atoms with Crippen molar-refractivity contribution in [2.24, 2.45) is 7.05 Å². The highest BCUT2D eigenvalue weighted by Crippen LogP contribution is 2.15. The minimum atomic E-state index is -0.177. The predicted octanol–water partition coefficient (Wildman–Crippen LogP) is 2.06. The molecular formula is C14H24N4O2. The van der Waals surface area contributed by atoms with Gasteiger partial charge in [-0.1, -0.05) is 6.92 Å². The van der Waals surface area contributed by atoms with E-state index in [1.165, 1.54) is 6.42 Å². The number of ether oxygens (including phenoxy) is 1. The molecule has 1 fully saturated rings. The lowest BCUT2D eigenvalue weighted by Crippen LogP contribution is -2.32. The van der Waals surface area contributed by atoms with Crippen LogP contribution in [0.4, 0.5) is 10.5 Å². The van der Waals surface area contributed by atoms with Crippen molar-refractivity contribution in [2.45, 2.75) is 45.1 Å². The van der Waals surface area contributed by atoms with Crippen LogP contribution in [0.3, 0.4) is 0 Å². The number of hydrogen-bond donors (Lipinski definition) is 2. The first-order valence-electron chi connectivity index (χ1n) is 7.38. The highest BCUT2D eigenvalue weighted by molar-refractivity contribution is 5.89. The van der Waals surface area contributed by atoms with E-state index in [2.05, 4.69) is 15.7 Å². The Bertz CT molecular complexity index is 438. The van der Waals surface area contributed by atoms with E-state index < -0.39 is 0 Å². The van der Waals surface area contributed by atoms with Crippen molar-refractivity contribution in [3.05, 3.63) is 11.9 Å². The third-order valence-electron chi connectivity index (χ3n) is 3.51. The minimum absolute atomic E-state index is 0.177. The molecule has 2 amide bonds. The van der Waals surface area contributed by atoms with Gasteiger partial charge in [0.25, 0.3) is 0 Å². The molecule has 1 aliphatic heterocycles. The van der Waals surface area contributed by atoms with Crippen LogP contribution in [0.15, 0.2) is 6.20 Å². The van der Waals surface area contributed by atoms with Crippen LogP contribution in [0.2, 0.25) is 0 Å². The fraction of sp³-hybridized carbons (Fsp3) is 0.714. The summed E-state index contributed by atoms with van der Waals surface area (Å²) in [5.74, 6) is 0. The fourth-order valence-electron chi connectivity index (χ4n) is 2.45. The lowest BCUT2D eigenvalue weighted by molar-refractivity contribution is 0.0120. The highest BCUT2D eigenvalue weighted by Gasteiger charge is 2.14. The zero-order valence-corrected chi connectivity index (χ0v) is 12.3. The highest BCUT2D eigenvalue weighted by atomic mass is 16.5.